The molecule has 122 valence electrons. The number of nitrogens with one attached hydrogen (secondary N) is 1. The summed E-state index contributed by atoms with van der Waals surface area (Å²) in [6, 6.07) is 17.2. The second-order valence-corrected chi connectivity index (χ2v) is 6.40. The van der Waals surface area contributed by atoms with E-state index in [1.807, 2.05) is 54.6 Å². The summed E-state index contributed by atoms with van der Waals surface area (Å²) >= 11 is 3.40. The van der Waals surface area contributed by atoms with Crippen molar-refractivity contribution < 1.29 is 4.79 Å². The predicted octanol–water partition coefficient (Wildman–Crippen LogP) is 4.44. The van der Waals surface area contributed by atoms with Gasteiger partial charge in [0.15, 0.2) is 0 Å². The molecule has 0 fully saturated rings. The normalized spacial score (nSPS) is 10.8. The first-order valence-electron chi connectivity index (χ1n) is 7.66. The third-order valence-corrected chi connectivity index (χ3v) is 4.35. The zero-order valence-electron chi connectivity index (χ0n) is 13.1. The molecule has 0 aliphatic carbocycles. The van der Waals surface area contributed by atoms with Crippen LogP contribution in [0.3, 0.4) is 0 Å². The largest absolute Gasteiger partial charge is 0.320 e. The number of hydrogen-bond donors (Lipinski definition) is 1. The maximum Gasteiger partial charge on any atom is 0.258 e. The second kappa shape index (κ2) is 6.49. The van der Waals surface area contributed by atoms with Gasteiger partial charge < -0.3 is 5.32 Å². The highest BCUT2D eigenvalue weighted by Gasteiger charge is 2.12. The molecule has 2 aromatic carbocycles. The molecule has 4 aromatic rings. The number of benzene rings is 2. The summed E-state index contributed by atoms with van der Waals surface area (Å²) in [6.45, 7) is 0. The molecule has 0 saturated carbocycles. The van der Waals surface area contributed by atoms with Crippen molar-refractivity contribution >= 4 is 38.4 Å². The van der Waals surface area contributed by atoms with E-state index in [-0.39, 0.29) is 5.91 Å². The Morgan fingerprint density at radius 1 is 1.04 bits per heavy atom. The van der Waals surface area contributed by atoms with Crippen molar-refractivity contribution in [2.45, 2.75) is 0 Å². The monoisotopic (exact) mass is 392 g/mol. The Morgan fingerprint density at radius 3 is 2.68 bits per heavy atom. The lowest BCUT2D eigenvalue weighted by molar-refractivity contribution is 0.102. The maximum absolute atomic E-state index is 12.6. The average molecular weight is 393 g/mol. The summed E-state index contributed by atoms with van der Waals surface area (Å²) in [6.07, 6.45) is 4.97. The molecule has 1 N–H and O–H groups in total. The molecule has 2 aromatic heterocycles. The van der Waals surface area contributed by atoms with Gasteiger partial charge in [0, 0.05) is 22.3 Å². The van der Waals surface area contributed by atoms with E-state index < -0.39 is 0 Å². The van der Waals surface area contributed by atoms with E-state index in [0.717, 1.165) is 21.1 Å². The van der Waals surface area contributed by atoms with Crippen LogP contribution in [-0.2, 0) is 0 Å². The van der Waals surface area contributed by atoms with Gasteiger partial charge in [-0.05, 0) is 36.4 Å². The Labute approximate surface area is 152 Å². The van der Waals surface area contributed by atoms with Crippen LogP contribution in [0.5, 0.6) is 0 Å². The predicted molar refractivity (Wildman–Crippen MR) is 101 cm³/mol. The summed E-state index contributed by atoms with van der Waals surface area (Å²) in [5.41, 5.74) is 2.81. The van der Waals surface area contributed by atoms with Crippen molar-refractivity contribution in [1.82, 2.24) is 14.8 Å². The van der Waals surface area contributed by atoms with Crippen LogP contribution in [-0.4, -0.2) is 20.7 Å². The second-order valence-electron chi connectivity index (χ2n) is 5.48. The highest BCUT2D eigenvalue weighted by atomic mass is 79.9. The number of amides is 1. The molecule has 0 radical (unpaired) electrons. The summed E-state index contributed by atoms with van der Waals surface area (Å²) in [5.74, 6) is -0.221. The maximum atomic E-state index is 12.6. The number of fused-ring (bicyclic) bond motifs is 1. The molecule has 1 amide bonds. The van der Waals surface area contributed by atoms with Gasteiger partial charge in [-0.2, -0.15) is 5.10 Å². The number of para-hydroxylation sites is 1. The van der Waals surface area contributed by atoms with Gasteiger partial charge in [-0.25, -0.2) is 4.68 Å². The van der Waals surface area contributed by atoms with E-state index in [1.165, 1.54) is 0 Å². The Kier molecular flexibility index (Phi) is 4.03. The number of hydrogen-bond acceptors (Lipinski definition) is 3. The number of halogens is 1. The van der Waals surface area contributed by atoms with Gasteiger partial charge in [-0.15, -0.1) is 0 Å². The lowest BCUT2D eigenvalue weighted by atomic mass is 10.2. The molecule has 0 aliphatic heterocycles. The van der Waals surface area contributed by atoms with Gasteiger partial charge in [0.05, 0.1) is 28.7 Å². The van der Waals surface area contributed by atoms with E-state index >= 15 is 0 Å². The summed E-state index contributed by atoms with van der Waals surface area (Å²) in [5, 5.41) is 8.16. The third kappa shape index (κ3) is 3.16. The molecular weight excluding hydrogens is 380 g/mol. The first-order chi connectivity index (χ1) is 12.2. The van der Waals surface area contributed by atoms with Crippen LogP contribution < -0.4 is 5.32 Å². The molecule has 0 saturated heterocycles. The molecular formula is C19H13BrN4O. The highest BCUT2D eigenvalue weighted by molar-refractivity contribution is 9.10. The van der Waals surface area contributed by atoms with Crippen LogP contribution in [0.15, 0.2) is 77.7 Å². The number of rotatable bonds is 3. The SMILES string of the molecule is O=C(Nc1cccc2cccnc12)c1cnn(-c2ccc(Br)cc2)c1. The number of carbonyl (C=O) groups excluding carboxylic acids is 1. The van der Waals surface area contributed by atoms with Gasteiger partial charge in [0.25, 0.3) is 5.91 Å². The summed E-state index contributed by atoms with van der Waals surface area (Å²) < 4.78 is 2.66. The first-order valence-corrected chi connectivity index (χ1v) is 8.46. The molecule has 2 heterocycles. The Hall–Kier alpha value is -2.99. The fourth-order valence-corrected chi connectivity index (χ4v) is 2.84. The zero-order valence-corrected chi connectivity index (χ0v) is 14.6. The standard InChI is InChI=1S/C19H13BrN4O/c20-15-6-8-16(9-7-15)24-12-14(11-22-24)19(25)23-17-5-1-3-13-4-2-10-21-18(13)17/h1-12H,(H,23,25). The number of carbonyl (C=O) groups is 1. The van der Waals surface area contributed by atoms with Gasteiger partial charge >= 0.3 is 0 Å². The number of nitrogens with zero attached hydrogens (tertiary/aromatic N) is 3. The van der Waals surface area contributed by atoms with Gasteiger partial charge in [-0.1, -0.05) is 34.1 Å². The minimum absolute atomic E-state index is 0.221. The Morgan fingerprint density at radius 2 is 1.84 bits per heavy atom. The van der Waals surface area contributed by atoms with Crippen molar-refractivity contribution in [2.24, 2.45) is 0 Å². The molecule has 6 heteroatoms. The molecule has 0 unspecified atom stereocenters. The van der Waals surface area contributed by atoms with Gasteiger partial charge in [0.1, 0.15) is 0 Å². The molecule has 0 aliphatic rings. The lowest BCUT2D eigenvalue weighted by Gasteiger charge is -2.06. The van der Waals surface area contributed by atoms with Crippen LogP contribution >= 0.6 is 15.9 Å². The third-order valence-electron chi connectivity index (χ3n) is 3.82. The summed E-state index contributed by atoms with van der Waals surface area (Å²) in [4.78, 5) is 16.9. The lowest BCUT2D eigenvalue weighted by Crippen LogP contribution is -2.11. The van der Waals surface area contributed by atoms with Crippen molar-refractivity contribution in [3.05, 3.63) is 83.2 Å². The van der Waals surface area contributed by atoms with E-state index in [4.69, 9.17) is 0 Å². The van der Waals surface area contributed by atoms with Crippen molar-refractivity contribution in [1.29, 1.82) is 0 Å². The van der Waals surface area contributed by atoms with Crippen LogP contribution in [0, 0.1) is 0 Å². The molecule has 0 spiro atoms. The van der Waals surface area contributed by atoms with E-state index in [9.17, 15) is 4.79 Å². The van der Waals surface area contributed by atoms with E-state index in [1.54, 1.807) is 23.3 Å². The zero-order chi connectivity index (χ0) is 17.2. The number of anilines is 1. The minimum atomic E-state index is -0.221. The highest BCUT2D eigenvalue weighted by Crippen LogP contribution is 2.21. The van der Waals surface area contributed by atoms with Crippen molar-refractivity contribution in [3.8, 4) is 5.69 Å². The van der Waals surface area contributed by atoms with Gasteiger partial charge in [-0.3, -0.25) is 9.78 Å². The quantitative estimate of drug-likeness (QED) is 0.560. The van der Waals surface area contributed by atoms with Crippen LogP contribution in [0.4, 0.5) is 5.69 Å². The van der Waals surface area contributed by atoms with Crippen molar-refractivity contribution in [3.63, 3.8) is 0 Å². The average Bonchev–Trinajstić information content (AvgIpc) is 3.13. The summed E-state index contributed by atoms with van der Waals surface area (Å²) in [7, 11) is 0. The molecule has 4 rings (SSSR count). The molecule has 0 bridgehead atoms. The fourth-order valence-electron chi connectivity index (χ4n) is 2.57. The minimum Gasteiger partial charge on any atom is -0.320 e. The topological polar surface area (TPSA) is 59.8 Å². The number of aromatic nitrogens is 3. The molecule has 5 nitrogen and oxygen atoms in total. The molecule has 0 atom stereocenters. The smallest absolute Gasteiger partial charge is 0.258 e. The van der Waals surface area contributed by atoms with E-state index in [0.29, 0.717) is 11.3 Å². The van der Waals surface area contributed by atoms with Gasteiger partial charge in [0.2, 0.25) is 0 Å². The van der Waals surface area contributed by atoms with Crippen LogP contribution in [0.2, 0.25) is 0 Å². The Balaban J connectivity index is 1.60. The van der Waals surface area contributed by atoms with Crippen LogP contribution in [0.25, 0.3) is 16.6 Å². The number of pyridine rings is 1. The van der Waals surface area contributed by atoms with Crippen LogP contribution in [0.1, 0.15) is 10.4 Å². The van der Waals surface area contributed by atoms with E-state index in [2.05, 4.69) is 31.3 Å². The first kappa shape index (κ1) is 15.5. The fraction of sp³-hybridized carbons (Fsp3) is 0. The molecule has 25 heavy (non-hydrogen) atoms. The Bertz CT molecular complexity index is 1050. The van der Waals surface area contributed by atoms with Crippen molar-refractivity contribution in [2.75, 3.05) is 5.32 Å².